The Kier molecular flexibility index (Phi) is 5.27. The molecule has 150 valence electrons. The van der Waals surface area contributed by atoms with Crippen molar-refractivity contribution >= 4 is 17.4 Å². The van der Waals surface area contributed by atoms with Crippen molar-refractivity contribution in [3.63, 3.8) is 0 Å². The Bertz CT molecular complexity index is 968. The van der Waals surface area contributed by atoms with E-state index in [1.165, 1.54) is 0 Å². The predicted molar refractivity (Wildman–Crippen MR) is 113 cm³/mol. The lowest BCUT2D eigenvalue weighted by Crippen LogP contribution is -2.37. The maximum Gasteiger partial charge on any atom is 0.295 e. The first-order valence-corrected chi connectivity index (χ1v) is 10.5. The minimum absolute atomic E-state index is 0.0460. The number of Topliss-reactive ketones (excluding diaryl/α,β-unsaturated/α-hetero) is 1. The molecule has 1 aliphatic carbocycles. The number of rotatable bonds is 4. The fraction of sp³-hybridized carbons (Fsp3) is 0.360. The van der Waals surface area contributed by atoms with Crippen molar-refractivity contribution in [2.75, 3.05) is 0 Å². The van der Waals surface area contributed by atoms with Gasteiger partial charge in [0.05, 0.1) is 11.6 Å². The van der Waals surface area contributed by atoms with Gasteiger partial charge in [-0.25, -0.2) is 0 Å². The molecule has 4 nitrogen and oxygen atoms in total. The standard InChI is InChI=1S/C25H27NO3/c1-3-17-11-13-18(14-12-17)23(27)21-22(19-8-6-7-16(2)15-19)26(25(29)24(21)28)20-9-4-5-10-20/h6-8,11-15,20,22,27H,3-5,9-10H2,1-2H3/b23-21-. The summed E-state index contributed by atoms with van der Waals surface area (Å²) in [5, 5.41) is 11.1. The van der Waals surface area contributed by atoms with Gasteiger partial charge in [0.25, 0.3) is 11.7 Å². The summed E-state index contributed by atoms with van der Waals surface area (Å²) in [5.74, 6) is -1.16. The van der Waals surface area contributed by atoms with E-state index in [9.17, 15) is 14.7 Å². The van der Waals surface area contributed by atoms with Gasteiger partial charge in [0.15, 0.2) is 0 Å². The highest BCUT2D eigenvalue weighted by Gasteiger charge is 2.49. The predicted octanol–water partition coefficient (Wildman–Crippen LogP) is 4.92. The van der Waals surface area contributed by atoms with Gasteiger partial charge in [-0.15, -0.1) is 0 Å². The molecule has 2 aromatic rings. The van der Waals surface area contributed by atoms with Crippen LogP contribution in [0.15, 0.2) is 54.1 Å². The van der Waals surface area contributed by atoms with Crippen molar-refractivity contribution < 1.29 is 14.7 Å². The van der Waals surface area contributed by atoms with Crippen LogP contribution < -0.4 is 0 Å². The average Bonchev–Trinajstić information content (AvgIpc) is 3.34. The number of benzene rings is 2. The largest absolute Gasteiger partial charge is 0.507 e. The van der Waals surface area contributed by atoms with Crippen LogP contribution in [0.25, 0.3) is 5.76 Å². The molecule has 4 rings (SSSR count). The molecule has 1 amide bonds. The molecule has 0 radical (unpaired) electrons. The summed E-state index contributed by atoms with van der Waals surface area (Å²) in [6, 6.07) is 14.9. The number of aliphatic hydroxyl groups is 1. The number of carbonyl (C=O) groups is 2. The van der Waals surface area contributed by atoms with Gasteiger partial charge in [-0.1, -0.05) is 73.9 Å². The van der Waals surface area contributed by atoms with Gasteiger partial charge in [0, 0.05) is 11.6 Å². The van der Waals surface area contributed by atoms with Gasteiger partial charge < -0.3 is 10.0 Å². The third kappa shape index (κ3) is 3.48. The van der Waals surface area contributed by atoms with E-state index in [1.54, 1.807) is 4.90 Å². The molecule has 2 aliphatic rings. The summed E-state index contributed by atoms with van der Waals surface area (Å²) in [6.45, 7) is 4.06. The fourth-order valence-corrected chi connectivity index (χ4v) is 4.63. The summed E-state index contributed by atoms with van der Waals surface area (Å²) in [4.78, 5) is 27.8. The van der Waals surface area contributed by atoms with Crippen LogP contribution in [0.2, 0.25) is 0 Å². The van der Waals surface area contributed by atoms with Gasteiger partial charge >= 0.3 is 0 Å². The Labute approximate surface area is 171 Å². The topological polar surface area (TPSA) is 57.6 Å². The number of aliphatic hydroxyl groups excluding tert-OH is 1. The molecule has 0 bridgehead atoms. The van der Waals surface area contributed by atoms with Crippen LogP contribution in [0.3, 0.4) is 0 Å². The fourth-order valence-electron chi connectivity index (χ4n) is 4.63. The number of aryl methyl sites for hydroxylation is 2. The highest BCUT2D eigenvalue weighted by molar-refractivity contribution is 6.46. The second-order valence-corrected chi connectivity index (χ2v) is 8.11. The molecule has 1 saturated carbocycles. The Balaban J connectivity index is 1.87. The van der Waals surface area contributed by atoms with E-state index < -0.39 is 17.7 Å². The number of ketones is 1. The smallest absolute Gasteiger partial charge is 0.295 e. The molecule has 1 unspecified atom stereocenters. The Morgan fingerprint density at radius 3 is 2.38 bits per heavy atom. The summed E-state index contributed by atoms with van der Waals surface area (Å²) in [6.07, 6.45) is 4.83. The lowest BCUT2D eigenvalue weighted by Gasteiger charge is -2.31. The van der Waals surface area contributed by atoms with Crippen LogP contribution in [0.4, 0.5) is 0 Å². The number of hydrogen-bond donors (Lipinski definition) is 1. The van der Waals surface area contributed by atoms with E-state index in [2.05, 4.69) is 6.92 Å². The van der Waals surface area contributed by atoms with Gasteiger partial charge in [0.1, 0.15) is 5.76 Å². The molecule has 2 aromatic carbocycles. The van der Waals surface area contributed by atoms with Crippen molar-refractivity contribution in [3.8, 4) is 0 Å². The van der Waals surface area contributed by atoms with Crippen molar-refractivity contribution in [1.82, 2.24) is 4.90 Å². The van der Waals surface area contributed by atoms with Crippen molar-refractivity contribution in [2.24, 2.45) is 0 Å². The number of amides is 1. The zero-order chi connectivity index (χ0) is 20.5. The Hall–Kier alpha value is -2.88. The van der Waals surface area contributed by atoms with Crippen molar-refractivity contribution in [2.45, 2.75) is 58.0 Å². The maximum absolute atomic E-state index is 13.1. The SMILES string of the molecule is CCc1ccc(/C(O)=C2/C(=O)C(=O)N(C3CCCC3)C2c2cccc(C)c2)cc1. The third-order valence-electron chi connectivity index (χ3n) is 6.19. The number of carbonyl (C=O) groups excluding carboxylic acids is 2. The van der Waals surface area contributed by atoms with Crippen molar-refractivity contribution in [1.29, 1.82) is 0 Å². The molecule has 0 aromatic heterocycles. The maximum atomic E-state index is 13.1. The molecule has 0 spiro atoms. The highest BCUT2D eigenvalue weighted by Crippen LogP contribution is 2.43. The monoisotopic (exact) mass is 389 g/mol. The van der Waals surface area contributed by atoms with Crippen LogP contribution in [-0.4, -0.2) is 27.7 Å². The van der Waals surface area contributed by atoms with Crippen LogP contribution >= 0.6 is 0 Å². The molecule has 4 heteroatoms. The van der Waals surface area contributed by atoms with Gasteiger partial charge in [-0.05, 0) is 37.3 Å². The number of hydrogen-bond acceptors (Lipinski definition) is 3. The second kappa shape index (κ2) is 7.86. The highest BCUT2D eigenvalue weighted by atomic mass is 16.3. The normalized spacial score (nSPS) is 21.9. The molecule has 1 N–H and O–H groups in total. The summed E-state index contributed by atoms with van der Waals surface area (Å²) >= 11 is 0. The average molecular weight is 389 g/mol. The van der Waals surface area contributed by atoms with E-state index in [0.29, 0.717) is 5.56 Å². The molecule has 1 aliphatic heterocycles. The first kappa shape index (κ1) is 19.4. The molecular formula is C25H27NO3. The Morgan fingerprint density at radius 1 is 1.07 bits per heavy atom. The number of nitrogens with zero attached hydrogens (tertiary/aromatic N) is 1. The first-order valence-electron chi connectivity index (χ1n) is 10.5. The van der Waals surface area contributed by atoms with Gasteiger partial charge in [-0.2, -0.15) is 0 Å². The van der Waals surface area contributed by atoms with E-state index in [4.69, 9.17) is 0 Å². The minimum Gasteiger partial charge on any atom is -0.507 e. The Morgan fingerprint density at radius 2 is 1.76 bits per heavy atom. The zero-order valence-corrected chi connectivity index (χ0v) is 17.0. The van der Waals surface area contributed by atoms with Crippen molar-refractivity contribution in [3.05, 3.63) is 76.4 Å². The lowest BCUT2D eigenvalue weighted by atomic mass is 9.93. The van der Waals surface area contributed by atoms with Gasteiger partial charge in [0.2, 0.25) is 0 Å². The van der Waals surface area contributed by atoms with Crippen LogP contribution in [-0.2, 0) is 16.0 Å². The lowest BCUT2D eigenvalue weighted by molar-refractivity contribution is -0.141. The molecule has 1 saturated heterocycles. The molecule has 1 atom stereocenters. The summed E-state index contributed by atoms with van der Waals surface area (Å²) in [5.41, 5.74) is 3.87. The van der Waals surface area contributed by atoms with Crippen LogP contribution in [0.1, 0.15) is 60.9 Å². The van der Waals surface area contributed by atoms with Gasteiger partial charge in [-0.3, -0.25) is 9.59 Å². The molecular weight excluding hydrogens is 362 g/mol. The molecule has 1 heterocycles. The minimum atomic E-state index is -0.583. The molecule has 2 fully saturated rings. The summed E-state index contributed by atoms with van der Waals surface area (Å²) < 4.78 is 0. The number of likely N-dealkylation sites (tertiary alicyclic amines) is 1. The summed E-state index contributed by atoms with van der Waals surface area (Å²) in [7, 11) is 0. The quantitative estimate of drug-likeness (QED) is 0.459. The third-order valence-corrected chi connectivity index (χ3v) is 6.19. The second-order valence-electron chi connectivity index (χ2n) is 8.11. The van der Waals surface area contributed by atoms with E-state index in [1.807, 2.05) is 55.5 Å². The zero-order valence-electron chi connectivity index (χ0n) is 17.0. The van der Waals surface area contributed by atoms with E-state index >= 15 is 0 Å². The van der Waals surface area contributed by atoms with E-state index in [-0.39, 0.29) is 17.4 Å². The van der Waals surface area contributed by atoms with Crippen LogP contribution in [0, 0.1) is 6.92 Å². The van der Waals surface area contributed by atoms with E-state index in [0.717, 1.165) is 48.8 Å². The van der Waals surface area contributed by atoms with Crippen LogP contribution in [0.5, 0.6) is 0 Å². The molecule has 29 heavy (non-hydrogen) atoms. The first-order chi connectivity index (χ1) is 14.0.